The Balaban J connectivity index is 1.42. The molecular formula is C23H25IN4O. The van der Waals surface area contributed by atoms with Gasteiger partial charge in [-0.25, -0.2) is 4.68 Å². The summed E-state index contributed by atoms with van der Waals surface area (Å²) in [5.41, 5.74) is 5.44. The van der Waals surface area contributed by atoms with Crippen LogP contribution in [0.5, 0.6) is 0 Å². The molecule has 0 spiro atoms. The van der Waals surface area contributed by atoms with E-state index in [1.807, 2.05) is 52.0 Å². The smallest absolute Gasteiger partial charge is 0.255 e. The molecule has 0 N–H and O–H groups in total. The van der Waals surface area contributed by atoms with Crippen LogP contribution in [0.4, 0.5) is 0 Å². The molecule has 0 unspecified atom stereocenters. The number of para-hydroxylation sites is 1. The maximum Gasteiger partial charge on any atom is 0.255 e. The number of aryl methyl sites for hydroxylation is 1. The molecule has 2 aromatic carbocycles. The average molecular weight is 500 g/mol. The van der Waals surface area contributed by atoms with Crippen LogP contribution in [0.3, 0.4) is 0 Å². The van der Waals surface area contributed by atoms with Crippen molar-refractivity contribution in [3.63, 3.8) is 0 Å². The van der Waals surface area contributed by atoms with Gasteiger partial charge in [-0.1, -0.05) is 30.3 Å². The van der Waals surface area contributed by atoms with Crippen molar-refractivity contribution in [1.82, 2.24) is 19.6 Å². The quantitative estimate of drug-likeness (QED) is 0.508. The van der Waals surface area contributed by atoms with E-state index in [-0.39, 0.29) is 5.91 Å². The summed E-state index contributed by atoms with van der Waals surface area (Å²) in [4.78, 5) is 17.2. The van der Waals surface area contributed by atoms with Gasteiger partial charge in [-0.3, -0.25) is 9.69 Å². The van der Waals surface area contributed by atoms with Gasteiger partial charge in [0.25, 0.3) is 5.91 Å². The van der Waals surface area contributed by atoms with Crippen LogP contribution < -0.4 is 0 Å². The van der Waals surface area contributed by atoms with E-state index in [1.165, 1.54) is 11.3 Å². The molecule has 1 aliphatic rings. The minimum absolute atomic E-state index is 0.138. The highest BCUT2D eigenvalue weighted by Crippen LogP contribution is 2.21. The summed E-state index contributed by atoms with van der Waals surface area (Å²) >= 11 is 2.24. The third kappa shape index (κ3) is 4.23. The number of piperazine rings is 1. The zero-order chi connectivity index (χ0) is 20.4. The SMILES string of the molecule is Cc1nn(-c2ccccc2)c(C)c1CN1CCN(C(=O)c2ccccc2I)CC1. The Morgan fingerprint density at radius 1 is 0.966 bits per heavy atom. The van der Waals surface area contributed by atoms with Gasteiger partial charge in [-0.05, 0) is 60.7 Å². The van der Waals surface area contributed by atoms with E-state index < -0.39 is 0 Å². The highest BCUT2D eigenvalue weighted by atomic mass is 127. The zero-order valence-electron chi connectivity index (χ0n) is 16.8. The lowest BCUT2D eigenvalue weighted by atomic mass is 10.1. The van der Waals surface area contributed by atoms with Crippen LogP contribution in [0, 0.1) is 17.4 Å². The minimum atomic E-state index is 0.138. The molecule has 1 amide bonds. The van der Waals surface area contributed by atoms with E-state index in [0.717, 1.165) is 53.2 Å². The number of hydrogen-bond donors (Lipinski definition) is 0. The summed E-state index contributed by atoms with van der Waals surface area (Å²) in [5.74, 6) is 0.138. The van der Waals surface area contributed by atoms with Gasteiger partial charge in [0, 0.05) is 47.6 Å². The van der Waals surface area contributed by atoms with Gasteiger partial charge >= 0.3 is 0 Å². The first-order chi connectivity index (χ1) is 14.0. The van der Waals surface area contributed by atoms with Crippen molar-refractivity contribution < 1.29 is 4.79 Å². The van der Waals surface area contributed by atoms with Gasteiger partial charge in [-0.2, -0.15) is 5.10 Å². The highest BCUT2D eigenvalue weighted by Gasteiger charge is 2.24. The molecule has 3 aromatic rings. The number of carbonyl (C=O) groups excluding carboxylic acids is 1. The second kappa shape index (κ2) is 8.67. The zero-order valence-corrected chi connectivity index (χ0v) is 19.0. The summed E-state index contributed by atoms with van der Waals surface area (Å²) in [5, 5.41) is 4.76. The van der Waals surface area contributed by atoms with E-state index in [2.05, 4.69) is 53.5 Å². The fourth-order valence-electron chi connectivity index (χ4n) is 3.86. The molecular weight excluding hydrogens is 475 g/mol. The molecule has 1 fully saturated rings. The van der Waals surface area contributed by atoms with Crippen molar-refractivity contribution in [2.45, 2.75) is 20.4 Å². The molecule has 150 valence electrons. The van der Waals surface area contributed by atoms with Gasteiger partial charge in [-0.15, -0.1) is 0 Å². The van der Waals surface area contributed by atoms with E-state index in [0.29, 0.717) is 0 Å². The highest BCUT2D eigenvalue weighted by molar-refractivity contribution is 14.1. The van der Waals surface area contributed by atoms with Gasteiger partial charge in [0.15, 0.2) is 0 Å². The Kier molecular flexibility index (Phi) is 6.01. The normalized spacial score (nSPS) is 14.9. The van der Waals surface area contributed by atoms with Crippen LogP contribution in [0.2, 0.25) is 0 Å². The van der Waals surface area contributed by atoms with Crippen LogP contribution >= 0.6 is 22.6 Å². The number of halogens is 1. The van der Waals surface area contributed by atoms with Crippen LogP contribution in [0.25, 0.3) is 5.69 Å². The van der Waals surface area contributed by atoms with Crippen LogP contribution in [0.15, 0.2) is 54.6 Å². The van der Waals surface area contributed by atoms with Crippen molar-refractivity contribution in [1.29, 1.82) is 0 Å². The average Bonchev–Trinajstić information content (AvgIpc) is 3.03. The number of benzene rings is 2. The molecule has 0 bridgehead atoms. The fourth-order valence-corrected chi connectivity index (χ4v) is 4.48. The van der Waals surface area contributed by atoms with Crippen molar-refractivity contribution in [3.8, 4) is 5.69 Å². The molecule has 0 radical (unpaired) electrons. The topological polar surface area (TPSA) is 41.4 Å². The summed E-state index contributed by atoms with van der Waals surface area (Å²) in [6.07, 6.45) is 0. The fraction of sp³-hybridized carbons (Fsp3) is 0.304. The first kappa shape index (κ1) is 20.1. The molecule has 1 aliphatic heterocycles. The summed E-state index contributed by atoms with van der Waals surface area (Å²) < 4.78 is 3.04. The largest absolute Gasteiger partial charge is 0.336 e. The number of hydrogen-bond acceptors (Lipinski definition) is 3. The van der Waals surface area contributed by atoms with Gasteiger partial charge < -0.3 is 4.90 Å². The second-order valence-electron chi connectivity index (χ2n) is 7.44. The van der Waals surface area contributed by atoms with Crippen LogP contribution in [0.1, 0.15) is 27.3 Å². The Morgan fingerprint density at radius 2 is 1.62 bits per heavy atom. The molecule has 0 aliphatic carbocycles. The third-order valence-corrected chi connectivity index (χ3v) is 6.53. The summed E-state index contributed by atoms with van der Waals surface area (Å²) in [6.45, 7) is 8.37. The van der Waals surface area contributed by atoms with Gasteiger partial charge in [0.05, 0.1) is 16.9 Å². The number of carbonyl (C=O) groups is 1. The first-order valence-electron chi connectivity index (χ1n) is 9.91. The summed E-state index contributed by atoms with van der Waals surface area (Å²) in [7, 11) is 0. The lowest BCUT2D eigenvalue weighted by molar-refractivity contribution is 0.0627. The van der Waals surface area contributed by atoms with Crippen molar-refractivity contribution in [2.24, 2.45) is 0 Å². The molecule has 29 heavy (non-hydrogen) atoms. The molecule has 1 saturated heterocycles. The molecule has 0 atom stereocenters. The molecule has 5 nitrogen and oxygen atoms in total. The maximum absolute atomic E-state index is 12.8. The van der Waals surface area contributed by atoms with Crippen LogP contribution in [-0.4, -0.2) is 51.7 Å². The van der Waals surface area contributed by atoms with E-state index >= 15 is 0 Å². The minimum Gasteiger partial charge on any atom is -0.336 e. The van der Waals surface area contributed by atoms with Crippen molar-refractivity contribution >= 4 is 28.5 Å². The van der Waals surface area contributed by atoms with E-state index in [1.54, 1.807) is 0 Å². The molecule has 2 heterocycles. The standard InChI is InChI=1S/C23H25IN4O/c1-17-21(18(2)28(25-17)19-8-4-3-5-9-19)16-26-12-14-27(15-13-26)23(29)20-10-6-7-11-22(20)24/h3-11H,12-16H2,1-2H3. The van der Waals surface area contributed by atoms with Crippen molar-refractivity contribution in [2.75, 3.05) is 26.2 Å². The Morgan fingerprint density at radius 3 is 2.31 bits per heavy atom. The molecule has 4 rings (SSSR count). The Bertz CT molecular complexity index is 1010. The van der Waals surface area contributed by atoms with E-state index in [9.17, 15) is 4.79 Å². The number of amides is 1. The lowest BCUT2D eigenvalue weighted by Crippen LogP contribution is -2.48. The molecule has 1 aromatic heterocycles. The first-order valence-corrected chi connectivity index (χ1v) is 11.0. The van der Waals surface area contributed by atoms with Crippen molar-refractivity contribution in [3.05, 3.63) is 80.7 Å². The predicted molar refractivity (Wildman–Crippen MR) is 123 cm³/mol. The maximum atomic E-state index is 12.8. The van der Waals surface area contributed by atoms with E-state index in [4.69, 9.17) is 5.10 Å². The Labute approximate surface area is 185 Å². The van der Waals surface area contributed by atoms with Crippen LogP contribution in [-0.2, 0) is 6.54 Å². The third-order valence-electron chi connectivity index (χ3n) is 5.59. The number of rotatable bonds is 4. The Hall–Kier alpha value is -2.19. The van der Waals surface area contributed by atoms with Gasteiger partial charge in [0.1, 0.15) is 0 Å². The number of nitrogens with zero attached hydrogens (tertiary/aromatic N) is 4. The lowest BCUT2D eigenvalue weighted by Gasteiger charge is -2.35. The van der Waals surface area contributed by atoms with Gasteiger partial charge in [0.2, 0.25) is 0 Å². The second-order valence-corrected chi connectivity index (χ2v) is 8.61. The molecule has 6 heteroatoms. The summed E-state index contributed by atoms with van der Waals surface area (Å²) in [6, 6.07) is 18.1. The predicted octanol–water partition coefficient (Wildman–Crippen LogP) is 4.05. The molecule has 0 saturated carbocycles. The monoisotopic (exact) mass is 500 g/mol. The number of aromatic nitrogens is 2.